The smallest absolute Gasteiger partial charge is 0.225 e. The van der Waals surface area contributed by atoms with E-state index in [0.717, 1.165) is 38.8 Å². The van der Waals surface area contributed by atoms with Crippen molar-refractivity contribution in [3.8, 4) is 0 Å². The summed E-state index contributed by atoms with van der Waals surface area (Å²) in [6.07, 6.45) is 5.23. The zero-order valence-electron chi connectivity index (χ0n) is 9.82. The number of hydrogen-bond donors (Lipinski definition) is 2. The molecule has 0 aromatic rings. The predicted octanol–water partition coefficient (Wildman–Crippen LogP) is 0.489. The van der Waals surface area contributed by atoms with Gasteiger partial charge in [-0.1, -0.05) is 0 Å². The van der Waals surface area contributed by atoms with Crippen molar-refractivity contribution in [2.45, 2.75) is 44.1 Å². The van der Waals surface area contributed by atoms with Crippen molar-refractivity contribution in [2.75, 3.05) is 19.6 Å². The molecule has 2 rings (SSSR count). The average Bonchev–Trinajstić information content (AvgIpc) is 2.83. The lowest BCUT2D eigenvalue weighted by atomic mass is 9.78. The normalized spacial score (nSPS) is 35.4. The molecule has 1 saturated heterocycles. The predicted molar refractivity (Wildman–Crippen MR) is 61.8 cm³/mol. The van der Waals surface area contributed by atoms with Gasteiger partial charge in [-0.25, -0.2) is 0 Å². The van der Waals surface area contributed by atoms with Crippen molar-refractivity contribution in [3.05, 3.63) is 0 Å². The summed E-state index contributed by atoms with van der Waals surface area (Å²) in [4.78, 5) is 14.1. The van der Waals surface area contributed by atoms with Crippen LogP contribution in [0.1, 0.15) is 38.5 Å². The molecule has 0 aromatic heterocycles. The first-order chi connectivity index (χ1) is 7.64. The lowest BCUT2D eigenvalue weighted by Crippen LogP contribution is -2.44. The van der Waals surface area contributed by atoms with E-state index >= 15 is 0 Å². The maximum Gasteiger partial charge on any atom is 0.225 e. The van der Waals surface area contributed by atoms with E-state index in [1.807, 2.05) is 4.90 Å². The van der Waals surface area contributed by atoms with Gasteiger partial charge >= 0.3 is 0 Å². The Kier molecular flexibility index (Phi) is 3.50. The number of hydrogen-bond acceptors (Lipinski definition) is 3. The number of amides is 1. The Hall–Kier alpha value is -0.610. The van der Waals surface area contributed by atoms with Crippen molar-refractivity contribution in [1.82, 2.24) is 4.90 Å². The third kappa shape index (κ3) is 2.38. The van der Waals surface area contributed by atoms with Crippen LogP contribution in [-0.2, 0) is 4.79 Å². The van der Waals surface area contributed by atoms with Crippen LogP contribution < -0.4 is 5.73 Å². The molecule has 1 aliphatic heterocycles. The summed E-state index contributed by atoms with van der Waals surface area (Å²) in [5.41, 5.74) is 4.83. The molecule has 3 N–H and O–H groups in total. The highest BCUT2D eigenvalue weighted by Gasteiger charge is 2.36. The van der Waals surface area contributed by atoms with Crippen LogP contribution in [0.2, 0.25) is 0 Å². The highest BCUT2D eigenvalue weighted by atomic mass is 16.3. The molecule has 1 aliphatic carbocycles. The highest BCUT2D eigenvalue weighted by molar-refractivity contribution is 5.79. The van der Waals surface area contributed by atoms with Crippen molar-refractivity contribution >= 4 is 5.91 Å². The van der Waals surface area contributed by atoms with Gasteiger partial charge in [0.25, 0.3) is 0 Å². The van der Waals surface area contributed by atoms with E-state index in [0.29, 0.717) is 25.3 Å². The zero-order valence-corrected chi connectivity index (χ0v) is 9.82. The minimum absolute atomic E-state index is 0.130. The lowest BCUT2D eigenvalue weighted by molar-refractivity contribution is -0.137. The Morgan fingerprint density at radius 3 is 2.38 bits per heavy atom. The molecule has 4 heteroatoms. The fourth-order valence-corrected chi connectivity index (χ4v) is 2.80. The fourth-order valence-electron chi connectivity index (χ4n) is 2.80. The van der Waals surface area contributed by atoms with Crippen molar-refractivity contribution in [1.29, 1.82) is 0 Å². The summed E-state index contributed by atoms with van der Waals surface area (Å²) in [5.74, 6) is 0.432. The van der Waals surface area contributed by atoms with Crippen LogP contribution in [0, 0.1) is 5.92 Å². The second-order valence-corrected chi connectivity index (χ2v) is 5.24. The van der Waals surface area contributed by atoms with Crippen LogP contribution in [0.15, 0.2) is 0 Å². The van der Waals surface area contributed by atoms with E-state index in [9.17, 15) is 9.90 Å². The number of likely N-dealkylation sites (tertiary alicyclic amines) is 1. The SMILES string of the molecule is NCC1(O)CCC(C(=O)N2CCCC2)CC1. The molecular formula is C12H22N2O2. The standard InChI is InChI=1S/C12H22N2O2/c13-9-12(16)5-3-10(4-6-12)11(15)14-7-1-2-8-14/h10,16H,1-9,13H2. The summed E-state index contributed by atoms with van der Waals surface area (Å²) in [7, 11) is 0. The van der Waals surface area contributed by atoms with Crippen LogP contribution in [0.5, 0.6) is 0 Å². The molecule has 4 nitrogen and oxygen atoms in total. The second kappa shape index (κ2) is 4.72. The first-order valence-electron chi connectivity index (χ1n) is 6.36. The minimum Gasteiger partial charge on any atom is -0.389 e. The highest BCUT2D eigenvalue weighted by Crippen LogP contribution is 2.32. The van der Waals surface area contributed by atoms with E-state index in [-0.39, 0.29) is 5.92 Å². The Morgan fingerprint density at radius 2 is 1.88 bits per heavy atom. The second-order valence-electron chi connectivity index (χ2n) is 5.24. The first kappa shape index (κ1) is 11.9. The van der Waals surface area contributed by atoms with E-state index in [4.69, 9.17) is 5.73 Å². The van der Waals surface area contributed by atoms with E-state index < -0.39 is 5.60 Å². The van der Waals surface area contributed by atoms with Gasteiger partial charge in [0, 0.05) is 25.6 Å². The number of carbonyl (C=O) groups excluding carboxylic acids is 1. The zero-order chi connectivity index (χ0) is 11.6. The molecule has 2 aliphatic rings. The molecule has 1 amide bonds. The Morgan fingerprint density at radius 1 is 1.31 bits per heavy atom. The third-order valence-electron chi connectivity index (χ3n) is 4.06. The molecule has 0 radical (unpaired) electrons. The number of nitrogens with two attached hydrogens (primary N) is 1. The Labute approximate surface area is 96.8 Å². The molecule has 1 saturated carbocycles. The molecule has 2 fully saturated rings. The number of aliphatic hydroxyl groups is 1. The molecule has 1 heterocycles. The molecule has 16 heavy (non-hydrogen) atoms. The molecular weight excluding hydrogens is 204 g/mol. The van der Waals surface area contributed by atoms with Gasteiger partial charge in [-0.15, -0.1) is 0 Å². The average molecular weight is 226 g/mol. The number of rotatable bonds is 2. The van der Waals surface area contributed by atoms with Crippen LogP contribution in [0.25, 0.3) is 0 Å². The summed E-state index contributed by atoms with van der Waals surface area (Å²) in [5, 5.41) is 9.99. The van der Waals surface area contributed by atoms with E-state index in [1.165, 1.54) is 0 Å². The van der Waals surface area contributed by atoms with Crippen LogP contribution >= 0.6 is 0 Å². The minimum atomic E-state index is -0.707. The van der Waals surface area contributed by atoms with Gasteiger partial charge in [0.2, 0.25) is 5.91 Å². The van der Waals surface area contributed by atoms with Crippen LogP contribution in [0.3, 0.4) is 0 Å². The third-order valence-corrected chi connectivity index (χ3v) is 4.06. The maximum absolute atomic E-state index is 12.1. The molecule has 0 bridgehead atoms. The Bertz CT molecular complexity index is 254. The van der Waals surface area contributed by atoms with Gasteiger partial charge in [0.15, 0.2) is 0 Å². The Balaban J connectivity index is 1.86. The largest absolute Gasteiger partial charge is 0.389 e. The van der Waals surface area contributed by atoms with E-state index in [2.05, 4.69) is 0 Å². The van der Waals surface area contributed by atoms with Gasteiger partial charge in [-0.2, -0.15) is 0 Å². The maximum atomic E-state index is 12.1. The summed E-state index contributed by atoms with van der Waals surface area (Å²) >= 11 is 0. The van der Waals surface area contributed by atoms with Gasteiger partial charge < -0.3 is 15.7 Å². The lowest BCUT2D eigenvalue weighted by Gasteiger charge is -2.35. The monoisotopic (exact) mass is 226 g/mol. The molecule has 0 spiro atoms. The van der Waals surface area contributed by atoms with Crippen molar-refractivity contribution in [2.24, 2.45) is 11.7 Å². The number of nitrogens with zero attached hydrogens (tertiary/aromatic N) is 1. The quantitative estimate of drug-likeness (QED) is 0.720. The summed E-state index contributed by atoms with van der Waals surface area (Å²) in [6.45, 7) is 2.17. The topological polar surface area (TPSA) is 66.6 Å². The molecule has 0 aromatic carbocycles. The van der Waals surface area contributed by atoms with Gasteiger partial charge in [0.1, 0.15) is 0 Å². The van der Waals surface area contributed by atoms with Crippen molar-refractivity contribution in [3.63, 3.8) is 0 Å². The van der Waals surface area contributed by atoms with E-state index in [1.54, 1.807) is 0 Å². The van der Waals surface area contributed by atoms with Crippen LogP contribution in [0.4, 0.5) is 0 Å². The summed E-state index contributed by atoms with van der Waals surface area (Å²) < 4.78 is 0. The molecule has 0 unspecified atom stereocenters. The van der Waals surface area contributed by atoms with Gasteiger partial charge in [-0.05, 0) is 38.5 Å². The fraction of sp³-hybridized carbons (Fsp3) is 0.917. The van der Waals surface area contributed by atoms with Gasteiger partial charge in [-0.3, -0.25) is 4.79 Å². The molecule has 92 valence electrons. The van der Waals surface area contributed by atoms with Crippen LogP contribution in [-0.4, -0.2) is 41.1 Å². The first-order valence-corrected chi connectivity index (χ1v) is 6.36. The molecule has 0 atom stereocenters. The number of carbonyl (C=O) groups is 1. The van der Waals surface area contributed by atoms with Crippen molar-refractivity contribution < 1.29 is 9.90 Å². The summed E-state index contributed by atoms with van der Waals surface area (Å²) in [6, 6.07) is 0. The van der Waals surface area contributed by atoms with Gasteiger partial charge in [0.05, 0.1) is 5.60 Å².